The van der Waals surface area contributed by atoms with Crippen molar-refractivity contribution in [2.45, 2.75) is 12.8 Å². The van der Waals surface area contributed by atoms with Crippen molar-refractivity contribution in [2.24, 2.45) is 0 Å². The first-order valence-corrected chi connectivity index (χ1v) is 8.02. The molecule has 0 radical (unpaired) electrons. The van der Waals surface area contributed by atoms with Gasteiger partial charge in [-0.15, -0.1) is 0 Å². The van der Waals surface area contributed by atoms with Crippen LogP contribution in [0.4, 0.5) is 8.78 Å². The molecule has 128 valence electrons. The zero-order valence-electron chi connectivity index (χ0n) is 13.3. The van der Waals surface area contributed by atoms with Crippen LogP contribution in [0.15, 0.2) is 41.2 Å². The molecule has 1 N–H and O–H groups in total. The summed E-state index contributed by atoms with van der Waals surface area (Å²) in [6.07, 6.45) is 5.07. The van der Waals surface area contributed by atoms with Gasteiger partial charge in [0.05, 0.1) is 17.3 Å². The van der Waals surface area contributed by atoms with Crippen molar-refractivity contribution in [2.75, 3.05) is 13.1 Å². The fourth-order valence-electron chi connectivity index (χ4n) is 3.08. The second-order valence-electron chi connectivity index (χ2n) is 5.97. The SMILES string of the molecule is O=C(c1cc(-c2cnoc2-c2cccc(F)c2F)c[nH]1)N1CCCC1. The molecule has 0 spiro atoms. The summed E-state index contributed by atoms with van der Waals surface area (Å²) >= 11 is 0. The van der Waals surface area contributed by atoms with Crippen LogP contribution in [-0.4, -0.2) is 34.0 Å². The van der Waals surface area contributed by atoms with Crippen LogP contribution in [0.5, 0.6) is 0 Å². The number of amides is 1. The van der Waals surface area contributed by atoms with Gasteiger partial charge >= 0.3 is 0 Å². The Hall–Kier alpha value is -2.96. The molecule has 2 aromatic heterocycles. The summed E-state index contributed by atoms with van der Waals surface area (Å²) in [6, 6.07) is 5.54. The van der Waals surface area contributed by atoms with E-state index in [-0.39, 0.29) is 17.2 Å². The van der Waals surface area contributed by atoms with E-state index in [2.05, 4.69) is 10.1 Å². The lowest BCUT2D eigenvalue weighted by molar-refractivity contribution is 0.0787. The third-order valence-corrected chi connectivity index (χ3v) is 4.38. The third-order valence-electron chi connectivity index (χ3n) is 4.38. The van der Waals surface area contributed by atoms with E-state index in [1.807, 2.05) is 0 Å². The first kappa shape index (κ1) is 15.6. The van der Waals surface area contributed by atoms with Crippen LogP contribution in [0.1, 0.15) is 23.3 Å². The molecule has 0 aliphatic carbocycles. The molecule has 4 rings (SSSR count). The number of aromatic amines is 1. The van der Waals surface area contributed by atoms with Gasteiger partial charge < -0.3 is 14.4 Å². The lowest BCUT2D eigenvalue weighted by Gasteiger charge is -2.13. The number of hydrogen-bond donors (Lipinski definition) is 1. The Morgan fingerprint density at radius 2 is 2.00 bits per heavy atom. The molecule has 1 aliphatic heterocycles. The summed E-state index contributed by atoms with van der Waals surface area (Å²) in [4.78, 5) is 17.2. The van der Waals surface area contributed by atoms with Gasteiger partial charge in [0.2, 0.25) is 0 Å². The van der Waals surface area contributed by atoms with E-state index in [9.17, 15) is 13.6 Å². The number of nitrogens with zero attached hydrogens (tertiary/aromatic N) is 2. The summed E-state index contributed by atoms with van der Waals surface area (Å²) < 4.78 is 32.7. The average Bonchev–Trinajstić information content (AvgIpc) is 3.37. The molecule has 0 bridgehead atoms. The quantitative estimate of drug-likeness (QED) is 0.786. The molecule has 1 aliphatic rings. The minimum absolute atomic E-state index is 0.0129. The van der Waals surface area contributed by atoms with Crippen LogP contribution < -0.4 is 0 Å². The number of nitrogens with one attached hydrogen (secondary N) is 1. The maximum absolute atomic E-state index is 14.1. The van der Waals surface area contributed by atoms with Gasteiger partial charge in [-0.3, -0.25) is 4.79 Å². The number of hydrogen-bond acceptors (Lipinski definition) is 3. The molecule has 3 heterocycles. The Bertz CT molecular complexity index is 926. The normalized spacial score (nSPS) is 14.2. The zero-order chi connectivity index (χ0) is 17.4. The van der Waals surface area contributed by atoms with Crippen molar-refractivity contribution >= 4 is 5.91 Å². The van der Waals surface area contributed by atoms with Gasteiger partial charge in [0, 0.05) is 24.8 Å². The Balaban J connectivity index is 1.69. The number of H-pyrrole nitrogens is 1. The fourth-order valence-corrected chi connectivity index (χ4v) is 3.08. The maximum Gasteiger partial charge on any atom is 0.270 e. The predicted molar refractivity (Wildman–Crippen MR) is 86.8 cm³/mol. The summed E-state index contributed by atoms with van der Waals surface area (Å²) in [7, 11) is 0. The van der Waals surface area contributed by atoms with Crippen molar-refractivity contribution < 1.29 is 18.1 Å². The number of carbonyl (C=O) groups excluding carboxylic acids is 1. The average molecular weight is 343 g/mol. The fraction of sp³-hybridized carbons (Fsp3) is 0.222. The Morgan fingerprint density at radius 1 is 1.20 bits per heavy atom. The first-order valence-electron chi connectivity index (χ1n) is 8.02. The number of aromatic nitrogens is 2. The summed E-state index contributed by atoms with van der Waals surface area (Å²) in [6.45, 7) is 1.50. The number of rotatable bonds is 3. The van der Waals surface area contributed by atoms with E-state index < -0.39 is 11.6 Å². The molecular formula is C18H15F2N3O2. The van der Waals surface area contributed by atoms with E-state index >= 15 is 0 Å². The zero-order valence-corrected chi connectivity index (χ0v) is 13.3. The predicted octanol–water partition coefficient (Wildman–Crippen LogP) is 3.85. The molecule has 5 nitrogen and oxygen atoms in total. The van der Waals surface area contributed by atoms with E-state index in [1.54, 1.807) is 17.2 Å². The molecule has 1 saturated heterocycles. The van der Waals surface area contributed by atoms with Crippen molar-refractivity contribution in [3.05, 3.63) is 54.0 Å². The molecule has 1 aromatic carbocycles. The molecule has 0 atom stereocenters. The molecule has 1 fully saturated rings. The largest absolute Gasteiger partial charge is 0.357 e. The van der Waals surface area contributed by atoms with Gasteiger partial charge in [-0.2, -0.15) is 0 Å². The molecule has 0 saturated carbocycles. The molecular weight excluding hydrogens is 328 g/mol. The highest BCUT2D eigenvalue weighted by Gasteiger charge is 2.23. The molecule has 3 aromatic rings. The Morgan fingerprint density at radius 3 is 2.80 bits per heavy atom. The molecule has 0 unspecified atom stereocenters. The second kappa shape index (κ2) is 6.16. The van der Waals surface area contributed by atoms with E-state index in [0.29, 0.717) is 16.8 Å². The number of halogens is 2. The van der Waals surface area contributed by atoms with Crippen LogP contribution in [-0.2, 0) is 0 Å². The highest BCUT2D eigenvalue weighted by Crippen LogP contribution is 2.34. The van der Waals surface area contributed by atoms with Gasteiger partial charge in [-0.1, -0.05) is 11.2 Å². The second-order valence-corrected chi connectivity index (χ2v) is 5.97. The summed E-state index contributed by atoms with van der Waals surface area (Å²) in [5, 5.41) is 3.70. The molecule has 1 amide bonds. The minimum Gasteiger partial charge on any atom is -0.357 e. The van der Waals surface area contributed by atoms with Gasteiger partial charge in [0.1, 0.15) is 5.69 Å². The lowest BCUT2D eigenvalue weighted by Crippen LogP contribution is -2.27. The molecule has 7 heteroatoms. The van der Waals surface area contributed by atoms with Gasteiger partial charge in [0.15, 0.2) is 17.4 Å². The lowest BCUT2D eigenvalue weighted by atomic mass is 10.0. The van der Waals surface area contributed by atoms with Crippen molar-refractivity contribution in [1.82, 2.24) is 15.0 Å². The van der Waals surface area contributed by atoms with Gasteiger partial charge in [0.25, 0.3) is 5.91 Å². The minimum atomic E-state index is -0.996. The monoisotopic (exact) mass is 343 g/mol. The van der Waals surface area contributed by atoms with Gasteiger partial charge in [-0.25, -0.2) is 8.78 Å². The van der Waals surface area contributed by atoms with Crippen LogP contribution in [0.2, 0.25) is 0 Å². The van der Waals surface area contributed by atoms with Gasteiger partial charge in [-0.05, 0) is 31.0 Å². The smallest absolute Gasteiger partial charge is 0.270 e. The third kappa shape index (κ3) is 2.71. The van der Waals surface area contributed by atoms with Crippen molar-refractivity contribution in [1.29, 1.82) is 0 Å². The standard InChI is InChI=1S/C18H15F2N3O2/c19-14-5-3-4-12(16(14)20)17-13(10-22-25-17)11-8-15(21-9-11)18(24)23-6-1-2-7-23/h3-5,8-10,21H,1-2,6-7H2. The van der Waals surface area contributed by atoms with E-state index in [4.69, 9.17) is 4.52 Å². The van der Waals surface area contributed by atoms with Crippen LogP contribution in [0, 0.1) is 11.6 Å². The highest BCUT2D eigenvalue weighted by molar-refractivity contribution is 5.94. The maximum atomic E-state index is 14.1. The first-order chi connectivity index (χ1) is 12.1. The Labute approximate surface area is 142 Å². The highest BCUT2D eigenvalue weighted by atomic mass is 19.2. The van der Waals surface area contributed by atoms with Crippen LogP contribution in [0.3, 0.4) is 0 Å². The topological polar surface area (TPSA) is 62.1 Å². The van der Waals surface area contributed by atoms with Crippen molar-refractivity contribution in [3.63, 3.8) is 0 Å². The van der Waals surface area contributed by atoms with Crippen molar-refractivity contribution in [3.8, 4) is 22.5 Å². The van der Waals surface area contributed by atoms with E-state index in [1.165, 1.54) is 18.3 Å². The molecule has 25 heavy (non-hydrogen) atoms. The van der Waals surface area contributed by atoms with Crippen LogP contribution >= 0.6 is 0 Å². The number of carbonyl (C=O) groups is 1. The number of likely N-dealkylation sites (tertiary alicyclic amines) is 1. The van der Waals surface area contributed by atoms with Crippen LogP contribution in [0.25, 0.3) is 22.5 Å². The summed E-state index contributed by atoms with van der Waals surface area (Å²) in [5.74, 6) is -1.90. The summed E-state index contributed by atoms with van der Waals surface area (Å²) in [5.41, 5.74) is 1.55. The Kier molecular flexibility index (Phi) is 3.83. The van der Waals surface area contributed by atoms with E-state index in [0.717, 1.165) is 32.0 Å². The number of benzene rings is 1.